The van der Waals surface area contributed by atoms with Crippen molar-refractivity contribution in [3.05, 3.63) is 118 Å². The van der Waals surface area contributed by atoms with Crippen LogP contribution in [0.25, 0.3) is 0 Å². The summed E-state index contributed by atoms with van der Waals surface area (Å²) in [7, 11) is 0. The maximum absolute atomic E-state index is 13.8. The third kappa shape index (κ3) is 4.78. The molecule has 3 aromatic carbocycles. The third-order valence-electron chi connectivity index (χ3n) is 5.18. The number of halogens is 4. The zero-order chi connectivity index (χ0) is 23.6. The first-order chi connectivity index (χ1) is 15.7. The Bertz CT molecular complexity index is 1220. The van der Waals surface area contributed by atoms with Crippen LogP contribution in [-0.2, 0) is 12.7 Å². The minimum Gasteiger partial charge on any atom is -0.457 e. The number of alkyl halides is 3. The van der Waals surface area contributed by atoms with E-state index in [1.165, 1.54) is 24.3 Å². The molecule has 0 bridgehead atoms. The zero-order valence-corrected chi connectivity index (χ0v) is 17.0. The van der Waals surface area contributed by atoms with Crippen molar-refractivity contribution in [1.82, 2.24) is 4.48 Å². The van der Waals surface area contributed by atoms with E-state index >= 15 is 0 Å². The van der Waals surface area contributed by atoms with Crippen LogP contribution >= 0.6 is 0 Å². The highest BCUT2D eigenvalue weighted by Gasteiger charge is 2.43. The molecule has 33 heavy (non-hydrogen) atoms. The summed E-state index contributed by atoms with van der Waals surface area (Å²) in [6, 6.07) is 15.1. The minimum absolute atomic E-state index is 0.121. The molecule has 0 N–H and O–H groups in total. The molecule has 1 aliphatic rings. The number of quaternary nitrogens is 1. The fourth-order valence-electron chi connectivity index (χ4n) is 3.64. The van der Waals surface area contributed by atoms with Gasteiger partial charge in [-0.25, -0.2) is 8.87 Å². The van der Waals surface area contributed by atoms with Crippen LogP contribution in [0, 0.1) is 15.9 Å². The molecule has 0 atom stereocenters. The average molecular weight is 457 g/mol. The van der Waals surface area contributed by atoms with E-state index in [1.807, 2.05) is 0 Å². The van der Waals surface area contributed by atoms with Crippen LogP contribution in [0.4, 0.5) is 28.9 Å². The normalized spacial score (nSPS) is 14.4. The quantitative estimate of drug-likeness (QED) is 0.172. The summed E-state index contributed by atoms with van der Waals surface area (Å²) in [4.78, 5) is 10.2. The highest BCUT2D eigenvalue weighted by atomic mass is 19.4. The highest BCUT2D eigenvalue weighted by Crippen LogP contribution is 2.43. The van der Waals surface area contributed by atoms with Gasteiger partial charge in [-0.15, -0.1) is 0 Å². The topological polar surface area (TPSA) is 52.4 Å². The van der Waals surface area contributed by atoms with Gasteiger partial charge in [0, 0.05) is 23.8 Å². The molecule has 0 radical (unpaired) electrons. The summed E-state index contributed by atoms with van der Waals surface area (Å²) in [5.74, 6) is 0.539. The van der Waals surface area contributed by atoms with E-state index in [9.17, 15) is 27.7 Å². The number of allylic oxidation sites excluding steroid dienone is 2. The van der Waals surface area contributed by atoms with Crippen LogP contribution in [0.15, 0.2) is 91.3 Å². The second-order valence-corrected chi connectivity index (χ2v) is 7.43. The molecule has 0 aliphatic carbocycles. The monoisotopic (exact) mass is 457 g/mol. The van der Waals surface area contributed by atoms with E-state index in [1.54, 1.807) is 48.8 Å². The van der Waals surface area contributed by atoms with E-state index in [-0.39, 0.29) is 22.5 Å². The molecule has 1 heterocycles. The summed E-state index contributed by atoms with van der Waals surface area (Å²) < 4.78 is 59.9. The number of ether oxygens (including phenoxy) is 1. The van der Waals surface area contributed by atoms with Gasteiger partial charge in [0.05, 0.1) is 4.92 Å². The summed E-state index contributed by atoms with van der Waals surface area (Å²) in [5.41, 5.74) is -1.10. The van der Waals surface area contributed by atoms with Gasteiger partial charge in [0.2, 0.25) is 0 Å². The Balaban J connectivity index is 1.65. The summed E-state index contributed by atoms with van der Waals surface area (Å²) in [6.07, 6.45) is 1.68. The van der Waals surface area contributed by atoms with Gasteiger partial charge in [-0.2, -0.15) is 13.2 Å². The lowest BCUT2D eigenvalue weighted by Gasteiger charge is -2.30. The van der Waals surface area contributed by atoms with Crippen LogP contribution < -0.4 is 9.22 Å². The SMILES string of the molecule is O=[N+]([O-])c1ccc([N+]2(Cc3ccc(Oc4ccc(F)cc4)cc3)C=CC=C2)c(C(F)(F)F)c1. The molecule has 3 aromatic rings. The number of non-ortho nitro benzene ring substituents is 1. The van der Waals surface area contributed by atoms with Crippen LogP contribution in [0.2, 0.25) is 0 Å². The molecule has 0 amide bonds. The fraction of sp³-hybridized carbons (Fsp3) is 0.0833. The number of hydrogen-bond donors (Lipinski definition) is 0. The van der Waals surface area contributed by atoms with Gasteiger partial charge >= 0.3 is 6.18 Å². The van der Waals surface area contributed by atoms with Gasteiger partial charge in [-0.05, 0) is 60.7 Å². The van der Waals surface area contributed by atoms with Crippen LogP contribution in [0.3, 0.4) is 0 Å². The van der Waals surface area contributed by atoms with Crippen molar-refractivity contribution in [2.24, 2.45) is 0 Å². The van der Waals surface area contributed by atoms with E-state index in [0.717, 1.165) is 12.1 Å². The maximum atomic E-state index is 13.8. The molecule has 0 fully saturated rings. The molecule has 0 unspecified atom stereocenters. The molecular weight excluding hydrogens is 440 g/mol. The molecule has 5 nitrogen and oxygen atoms in total. The smallest absolute Gasteiger partial charge is 0.422 e. The van der Waals surface area contributed by atoms with Gasteiger partial charge in [-0.1, -0.05) is 0 Å². The predicted molar refractivity (Wildman–Crippen MR) is 115 cm³/mol. The number of hydrogen-bond acceptors (Lipinski definition) is 3. The number of nitrogens with zero attached hydrogens (tertiary/aromatic N) is 2. The Hall–Kier alpha value is -3.98. The Morgan fingerprint density at radius 3 is 2.00 bits per heavy atom. The van der Waals surface area contributed by atoms with Crippen LogP contribution in [-0.4, -0.2) is 4.92 Å². The number of nitro benzene ring substituents is 1. The lowest BCUT2D eigenvalue weighted by atomic mass is 10.1. The van der Waals surface area contributed by atoms with Gasteiger partial charge < -0.3 is 4.74 Å². The predicted octanol–water partition coefficient (Wildman–Crippen LogP) is 7.09. The van der Waals surface area contributed by atoms with E-state index in [2.05, 4.69) is 0 Å². The molecule has 168 valence electrons. The highest BCUT2D eigenvalue weighted by molar-refractivity contribution is 5.61. The molecule has 0 saturated carbocycles. The Morgan fingerprint density at radius 1 is 0.879 bits per heavy atom. The largest absolute Gasteiger partial charge is 0.457 e. The van der Waals surface area contributed by atoms with Crippen molar-refractivity contribution in [1.29, 1.82) is 0 Å². The molecule has 4 rings (SSSR count). The zero-order valence-electron chi connectivity index (χ0n) is 17.0. The number of benzene rings is 3. The van der Waals surface area contributed by atoms with Crippen molar-refractivity contribution in [2.75, 3.05) is 0 Å². The van der Waals surface area contributed by atoms with Gasteiger partial charge in [0.25, 0.3) is 5.69 Å². The number of nitro groups is 1. The van der Waals surface area contributed by atoms with E-state index < -0.39 is 22.4 Å². The fourth-order valence-corrected chi connectivity index (χ4v) is 3.64. The first-order valence-corrected chi connectivity index (χ1v) is 9.79. The molecule has 0 spiro atoms. The third-order valence-corrected chi connectivity index (χ3v) is 5.18. The first-order valence-electron chi connectivity index (χ1n) is 9.79. The van der Waals surface area contributed by atoms with Crippen molar-refractivity contribution in [3.8, 4) is 11.5 Å². The second kappa shape index (κ2) is 8.51. The van der Waals surface area contributed by atoms with Gasteiger partial charge in [-0.3, -0.25) is 10.1 Å². The van der Waals surface area contributed by atoms with E-state index in [4.69, 9.17) is 4.74 Å². The summed E-state index contributed by atoms with van der Waals surface area (Å²) >= 11 is 0. The summed E-state index contributed by atoms with van der Waals surface area (Å²) in [6.45, 7) is 0.144. The summed E-state index contributed by atoms with van der Waals surface area (Å²) in [5, 5.41) is 11.0. The Kier molecular flexibility index (Phi) is 5.73. The molecule has 0 saturated heterocycles. The van der Waals surface area contributed by atoms with Crippen molar-refractivity contribution >= 4 is 11.4 Å². The van der Waals surface area contributed by atoms with Crippen molar-refractivity contribution < 1.29 is 27.2 Å². The average Bonchev–Trinajstić information content (AvgIpc) is 3.25. The molecular formula is C24H17F4N2O3+. The maximum Gasteiger partial charge on any atom is 0.422 e. The number of rotatable bonds is 6. The lowest BCUT2D eigenvalue weighted by Crippen LogP contribution is -2.37. The van der Waals surface area contributed by atoms with Gasteiger partial charge in [0.15, 0.2) is 5.69 Å². The Morgan fingerprint density at radius 2 is 1.45 bits per heavy atom. The van der Waals surface area contributed by atoms with Gasteiger partial charge in [0.1, 0.15) is 41.8 Å². The molecule has 1 aliphatic heterocycles. The molecule has 9 heteroatoms. The lowest BCUT2D eigenvalue weighted by molar-refractivity contribution is -0.385. The molecule has 0 aromatic heterocycles. The van der Waals surface area contributed by atoms with E-state index in [0.29, 0.717) is 23.1 Å². The van der Waals surface area contributed by atoms with Crippen LogP contribution in [0.5, 0.6) is 11.5 Å². The van der Waals surface area contributed by atoms with Crippen molar-refractivity contribution in [3.63, 3.8) is 0 Å². The minimum atomic E-state index is -4.77. The first kappa shape index (κ1) is 22.2. The Labute approximate surface area is 186 Å². The van der Waals surface area contributed by atoms with Crippen LogP contribution in [0.1, 0.15) is 11.1 Å². The second-order valence-electron chi connectivity index (χ2n) is 7.43. The standard InChI is InChI=1S/C24H17F4N2O3/c25-18-5-10-21(11-6-18)33-20-8-3-17(4-9-20)16-30(13-1-2-14-30)23-12-7-19(29(31)32)15-22(23)24(26,27)28/h1-15H,16H2/q+1. The van der Waals surface area contributed by atoms with Crippen molar-refractivity contribution in [2.45, 2.75) is 12.7 Å².